The average Bonchev–Trinajstić information content (AvgIpc) is 2.64. The molecule has 0 unspecified atom stereocenters. The maximum atomic E-state index is 12.1. The smallest absolute Gasteiger partial charge is 0.434 e. The van der Waals surface area contributed by atoms with E-state index in [-0.39, 0.29) is 6.54 Å². The standard InChI is InChI=1S/C14H12ClN3O3/c15-10-5-6-13-11(7-10)18(14(19)21-17-16)8-9-3-1-2-4-12(9)20-13/h1-7,17H,8,16H2. The van der Waals surface area contributed by atoms with Crippen molar-refractivity contribution in [3.63, 3.8) is 0 Å². The minimum atomic E-state index is -0.652. The normalized spacial score (nSPS) is 12.8. The number of hydrogen-bond donors (Lipinski definition) is 2. The molecular weight excluding hydrogens is 294 g/mol. The van der Waals surface area contributed by atoms with Crippen LogP contribution in [0.15, 0.2) is 42.5 Å². The van der Waals surface area contributed by atoms with Gasteiger partial charge in [0.15, 0.2) is 5.75 Å². The topological polar surface area (TPSA) is 76.8 Å². The van der Waals surface area contributed by atoms with Gasteiger partial charge in [0.05, 0.1) is 12.2 Å². The molecule has 0 bridgehead atoms. The summed E-state index contributed by atoms with van der Waals surface area (Å²) >= 11 is 6.01. The van der Waals surface area contributed by atoms with Crippen LogP contribution in [0.25, 0.3) is 0 Å². The van der Waals surface area contributed by atoms with Gasteiger partial charge in [-0.1, -0.05) is 35.4 Å². The van der Waals surface area contributed by atoms with E-state index in [9.17, 15) is 4.79 Å². The summed E-state index contributed by atoms with van der Waals surface area (Å²) in [4.78, 5) is 18.2. The number of benzene rings is 2. The van der Waals surface area contributed by atoms with Gasteiger partial charge in [0.2, 0.25) is 0 Å². The first-order valence-corrected chi connectivity index (χ1v) is 6.56. The second-order valence-electron chi connectivity index (χ2n) is 4.39. The van der Waals surface area contributed by atoms with Gasteiger partial charge in [-0.25, -0.2) is 10.6 Å². The Kier molecular flexibility index (Phi) is 3.66. The number of carbonyl (C=O) groups is 1. The predicted molar refractivity (Wildman–Crippen MR) is 78.0 cm³/mol. The lowest BCUT2D eigenvalue weighted by atomic mass is 10.2. The monoisotopic (exact) mass is 305 g/mol. The molecule has 21 heavy (non-hydrogen) atoms. The molecule has 0 atom stereocenters. The fourth-order valence-corrected chi connectivity index (χ4v) is 2.33. The van der Waals surface area contributed by atoms with Crippen LogP contribution in [0.3, 0.4) is 0 Å². The van der Waals surface area contributed by atoms with E-state index >= 15 is 0 Å². The largest absolute Gasteiger partial charge is 0.455 e. The van der Waals surface area contributed by atoms with Crippen LogP contribution in [0.2, 0.25) is 5.02 Å². The van der Waals surface area contributed by atoms with E-state index in [2.05, 4.69) is 4.84 Å². The van der Waals surface area contributed by atoms with E-state index in [1.54, 1.807) is 18.2 Å². The van der Waals surface area contributed by atoms with E-state index in [1.807, 2.05) is 29.9 Å². The number of hydrogen-bond acceptors (Lipinski definition) is 5. The Labute approximate surface area is 125 Å². The zero-order chi connectivity index (χ0) is 14.8. The van der Waals surface area contributed by atoms with Gasteiger partial charge in [0.1, 0.15) is 5.75 Å². The van der Waals surface area contributed by atoms with Gasteiger partial charge in [-0.2, -0.15) is 0 Å². The molecule has 0 saturated carbocycles. The number of hydrazine groups is 1. The third-order valence-electron chi connectivity index (χ3n) is 3.10. The number of nitrogens with one attached hydrogen (secondary N) is 1. The lowest BCUT2D eigenvalue weighted by molar-refractivity contribution is 0.0964. The lowest BCUT2D eigenvalue weighted by Crippen LogP contribution is -2.37. The Bertz CT molecular complexity index is 693. The highest BCUT2D eigenvalue weighted by molar-refractivity contribution is 6.31. The quantitative estimate of drug-likeness (QED) is 0.625. The second kappa shape index (κ2) is 5.61. The third-order valence-corrected chi connectivity index (χ3v) is 3.33. The summed E-state index contributed by atoms with van der Waals surface area (Å²) in [5, 5.41) is 0.488. The van der Waals surface area contributed by atoms with Crippen LogP contribution in [0.1, 0.15) is 5.56 Å². The van der Waals surface area contributed by atoms with Gasteiger partial charge in [-0.05, 0) is 24.3 Å². The number of nitrogens with zero attached hydrogens (tertiary/aromatic N) is 1. The molecule has 6 nitrogen and oxygen atoms in total. The van der Waals surface area contributed by atoms with Crippen molar-refractivity contribution in [1.29, 1.82) is 0 Å². The van der Waals surface area contributed by atoms with Crippen molar-refractivity contribution < 1.29 is 14.4 Å². The first-order valence-electron chi connectivity index (χ1n) is 6.18. The van der Waals surface area contributed by atoms with Crippen molar-refractivity contribution in [2.45, 2.75) is 6.54 Å². The number of rotatable bonds is 1. The van der Waals surface area contributed by atoms with Gasteiger partial charge in [-0.3, -0.25) is 4.90 Å². The molecule has 2 aromatic rings. The summed E-state index contributed by atoms with van der Waals surface area (Å²) in [6.45, 7) is 0.282. The van der Waals surface area contributed by atoms with Crippen LogP contribution in [0.4, 0.5) is 10.5 Å². The van der Waals surface area contributed by atoms with Crippen LogP contribution in [0, 0.1) is 0 Å². The third kappa shape index (κ3) is 2.64. The van der Waals surface area contributed by atoms with Gasteiger partial charge < -0.3 is 9.57 Å². The fraction of sp³-hybridized carbons (Fsp3) is 0.0714. The Hall–Kier alpha value is -2.28. The number of carbonyl (C=O) groups excluding carboxylic acids is 1. The summed E-state index contributed by atoms with van der Waals surface area (Å²) in [5.41, 5.74) is 3.25. The molecule has 0 radical (unpaired) electrons. The van der Waals surface area contributed by atoms with Crippen molar-refractivity contribution >= 4 is 23.4 Å². The number of halogens is 1. The number of ether oxygens (including phenoxy) is 1. The van der Waals surface area contributed by atoms with Gasteiger partial charge >= 0.3 is 6.09 Å². The first-order chi connectivity index (χ1) is 10.2. The van der Waals surface area contributed by atoms with Crippen molar-refractivity contribution in [3.8, 4) is 11.5 Å². The molecule has 2 aromatic carbocycles. The van der Waals surface area contributed by atoms with Crippen molar-refractivity contribution in [2.24, 2.45) is 5.84 Å². The molecular formula is C14H12ClN3O3. The maximum absolute atomic E-state index is 12.1. The van der Waals surface area contributed by atoms with E-state index < -0.39 is 6.09 Å². The highest BCUT2D eigenvalue weighted by Crippen LogP contribution is 2.40. The summed E-state index contributed by atoms with van der Waals surface area (Å²) in [7, 11) is 0. The highest BCUT2D eigenvalue weighted by Gasteiger charge is 2.26. The maximum Gasteiger partial charge on any atom is 0.434 e. The number of nitrogens with two attached hydrogens (primary N) is 1. The molecule has 0 fully saturated rings. The minimum absolute atomic E-state index is 0.282. The summed E-state index contributed by atoms with van der Waals surface area (Å²) in [6.07, 6.45) is -0.652. The van der Waals surface area contributed by atoms with Gasteiger partial charge in [-0.15, -0.1) is 0 Å². The van der Waals surface area contributed by atoms with E-state index in [4.69, 9.17) is 22.2 Å². The van der Waals surface area contributed by atoms with Crippen molar-refractivity contribution in [2.75, 3.05) is 4.90 Å². The number of para-hydroxylation sites is 1. The Morgan fingerprint density at radius 3 is 2.90 bits per heavy atom. The molecule has 3 N–H and O–H groups in total. The van der Waals surface area contributed by atoms with Gasteiger partial charge in [0.25, 0.3) is 0 Å². The predicted octanol–water partition coefficient (Wildman–Crippen LogP) is 2.97. The Balaban J connectivity index is 2.11. The highest BCUT2D eigenvalue weighted by atomic mass is 35.5. The Morgan fingerprint density at radius 1 is 1.29 bits per heavy atom. The van der Waals surface area contributed by atoms with E-state index in [0.29, 0.717) is 22.2 Å². The zero-order valence-electron chi connectivity index (χ0n) is 10.9. The minimum Gasteiger partial charge on any atom is -0.455 e. The molecule has 7 heteroatoms. The molecule has 0 saturated heterocycles. The molecule has 1 aliphatic rings. The van der Waals surface area contributed by atoms with E-state index in [1.165, 1.54) is 4.90 Å². The fourth-order valence-electron chi connectivity index (χ4n) is 2.16. The lowest BCUT2D eigenvalue weighted by Gasteiger charge is -2.20. The van der Waals surface area contributed by atoms with E-state index in [0.717, 1.165) is 5.56 Å². The summed E-state index contributed by atoms with van der Waals surface area (Å²) < 4.78 is 5.86. The number of fused-ring (bicyclic) bond motifs is 2. The van der Waals surface area contributed by atoms with Gasteiger partial charge in [0, 0.05) is 10.6 Å². The first kappa shape index (κ1) is 13.7. The van der Waals surface area contributed by atoms with Crippen molar-refractivity contribution in [3.05, 3.63) is 53.1 Å². The van der Waals surface area contributed by atoms with Crippen LogP contribution >= 0.6 is 11.6 Å². The van der Waals surface area contributed by atoms with Crippen LogP contribution < -0.4 is 21.1 Å². The van der Waals surface area contributed by atoms with Crippen LogP contribution in [0.5, 0.6) is 11.5 Å². The molecule has 0 spiro atoms. The molecule has 1 heterocycles. The van der Waals surface area contributed by atoms with Crippen LogP contribution in [-0.2, 0) is 11.4 Å². The molecule has 0 aliphatic carbocycles. The molecule has 1 aliphatic heterocycles. The molecule has 3 rings (SSSR count). The second-order valence-corrected chi connectivity index (χ2v) is 4.83. The number of anilines is 1. The Morgan fingerprint density at radius 2 is 2.10 bits per heavy atom. The van der Waals surface area contributed by atoms with Crippen molar-refractivity contribution in [1.82, 2.24) is 5.59 Å². The molecule has 0 aromatic heterocycles. The molecule has 108 valence electrons. The average molecular weight is 306 g/mol. The SMILES string of the molecule is NNOC(=O)N1Cc2ccccc2Oc2ccc(Cl)cc21. The zero-order valence-corrected chi connectivity index (χ0v) is 11.6. The summed E-state index contributed by atoms with van der Waals surface area (Å²) in [5.74, 6) is 6.23. The molecule has 1 amide bonds. The number of amides is 1. The van der Waals surface area contributed by atoms with Crippen LogP contribution in [-0.4, -0.2) is 6.09 Å². The summed E-state index contributed by atoms with van der Waals surface area (Å²) in [6, 6.07) is 12.5.